The molecule has 1 heterocycles. The summed E-state index contributed by atoms with van der Waals surface area (Å²) in [6, 6.07) is 8.35. The summed E-state index contributed by atoms with van der Waals surface area (Å²) in [4.78, 5) is 1.15. The van der Waals surface area contributed by atoms with Crippen molar-refractivity contribution in [2.24, 2.45) is 5.73 Å². The van der Waals surface area contributed by atoms with Crippen molar-refractivity contribution in [3.63, 3.8) is 0 Å². The molecule has 2 rings (SSSR count). The van der Waals surface area contributed by atoms with Crippen molar-refractivity contribution >= 4 is 27.3 Å². The molecule has 0 saturated carbocycles. The predicted octanol–water partition coefficient (Wildman–Crippen LogP) is 3.89. The third-order valence-corrected chi connectivity index (χ3v) is 4.35. The Bertz CT molecular complexity index is 483. The first-order valence-electron chi connectivity index (χ1n) is 4.90. The molecular formula is C12H11BrFNS. The van der Waals surface area contributed by atoms with Gasteiger partial charge in [0.25, 0.3) is 0 Å². The van der Waals surface area contributed by atoms with Crippen molar-refractivity contribution in [2.45, 2.75) is 12.5 Å². The SMILES string of the molecule is NC(Cc1sccc1Br)c1ccccc1F. The molecule has 0 amide bonds. The number of benzene rings is 1. The van der Waals surface area contributed by atoms with Gasteiger partial charge in [0.2, 0.25) is 0 Å². The zero-order valence-corrected chi connectivity index (χ0v) is 10.9. The summed E-state index contributed by atoms with van der Waals surface area (Å²) in [7, 11) is 0. The van der Waals surface area contributed by atoms with Gasteiger partial charge in [0.15, 0.2) is 0 Å². The van der Waals surface area contributed by atoms with E-state index in [0.717, 1.165) is 9.35 Å². The zero-order chi connectivity index (χ0) is 11.5. The summed E-state index contributed by atoms with van der Waals surface area (Å²) in [5.41, 5.74) is 6.57. The molecule has 84 valence electrons. The largest absolute Gasteiger partial charge is 0.324 e. The lowest BCUT2D eigenvalue weighted by Gasteiger charge is -2.12. The zero-order valence-electron chi connectivity index (χ0n) is 8.49. The highest BCUT2D eigenvalue weighted by molar-refractivity contribution is 9.10. The van der Waals surface area contributed by atoms with Gasteiger partial charge in [0.1, 0.15) is 5.82 Å². The second-order valence-electron chi connectivity index (χ2n) is 3.52. The minimum absolute atomic E-state index is 0.234. The standard InChI is InChI=1S/C12H11BrFNS/c13-9-5-6-16-12(9)7-11(15)8-3-1-2-4-10(8)14/h1-6,11H,7,15H2. The monoisotopic (exact) mass is 299 g/mol. The summed E-state index contributed by atoms with van der Waals surface area (Å²) in [5, 5.41) is 1.99. The first-order chi connectivity index (χ1) is 7.68. The van der Waals surface area contributed by atoms with Crippen LogP contribution in [0.15, 0.2) is 40.2 Å². The molecule has 1 atom stereocenters. The van der Waals surface area contributed by atoms with Crippen LogP contribution in [0.25, 0.3) is 0 Å². The van der Waals surface area contributed by atoms with Crippen LogP contribution in [-0.2, 0) is 6.42 Å². The van der Waals surface area contributed by atoms with E-state index in [4.69, 9.17) is 5.73 Å². The molecule has 0 bridgehead atoms. The Hall–Kier alpha value is -0.710. The van der Waals surface area contributed by atoms with Gasteiger partial charge in [-0.2, -0.15) is 0 Å². The van der Waals surface area contributed by atoms with Gasteiger partial charge in [-0.15, -0.1) is 11.3 Å². The van der Waals surface area contributed by atoms with Crippen LogP contribution in [0.5, 0.6) is 0 Å². The highest BCUT2D eigenvalue weighted by Crippen LogP contribution is 2.27. The average molecular weight is 300 g/mol. The highest BCUT2D eigenvalue weighted by atomic mass is 79.9. The van der Waals surface area contributed by atoms with Gasteiger partial charge in [0, 0.05) is 27.4 Å². The molecule has 0 aliphatic rings. The Morgan fingerprint density at radius 1 is 1.31 bits per heavy atom. The second-order valence-corrected chi connectivity index (χ2v) is 5.38. The maximum atomic E-state index is 13.5. The summed E-state index contributed by atoms with van der Waals surface area (Å²) >= 11 is 5.08. The van der Waals surface area contributed by atoms with E-state index in [-0.39, 0.29) is 11.9 Å². The van der Waals surface area contributed by atoms with Crippen molar-refractivity contribution in [2.75, 3.05) is 0 Å². The van der Waals surface area contributed by atoms with Crippen LogP contribution in [0.4, 0.5) is 4.39 Å². The maximum Gasteiger partial charge on any atom is 0.127 e. The molecule has 0 spiro atoms. The smallest absolute Gasteiger partial charge is 0.127 e. The Kier molecular flexibility index (Phi) is 3.74. The van der Waals surface area contributed by atoms with Gasteiger partial charge in [-0.05, 0) is 33.4 Å². The van der Waals surface area contributed by atoms with E-state index in [1.807, 2.05) is 17.5 Å². The molecule has 4 heteroatoms. The molecule has 0 aliphatic carbocycles. The molecule has 16 heavy (non-hydrogen) atoms. The molecular weight excluding hydrogens is 289 g/mol. The van der Waals surface area contributed by atoms with E-state index in [2.05, 4.69) is 15.9 Å². The van der Waals surface area contributed by atoms with Crippen molar-refractivity contribution in [1.82, 2.24) is 0 Å². The van der Waals surface area contributed by atoms with Crippen molar-refractivity contribution in [3.05, 3.63) is 56.4 Å². The Balaban J connectivity index is 2.18. The van der Waals surface area contributed by atoms with Crippen LogP contribution in [0.2, 0.25) is 0 Å². The summed E-state index contributed by atoms with van der Waals surface area (Å²) in [6.45, 7) is 0. The second kappa shape index (κ2) is 5.08. The first kappa shape index (κ1) is 11.8. The van der Waals surface area contributed by atoms with Gasteiger partial charge < -0.3 is 5.73 Å². The summed E-state index contributed by atoms with van der Waals surface area (Å²) in [6.07, 6.45) is 0.652. The first-order valence-corrected chi connectivity index (χ1v) is 6.57. The molecule has 0 radical (unpaired) electrons. The molecule has 0 saturated heterocycles. The Morgan fingerprint density at radius 3 is 2.69 bits per heavy atom. The van der Waals surface area contributed by atoms with Crippen molar-refractivity contribution in [3.8, 4) is 0 Å². The minimum atomic E-state index is -0.295. The third kappa shape index (κ3) is 2.51. The van der Waals surface area contributed by atoms with Gasteiger partial charge in [0.05, 0.1) is 0 Å². The Morgan fingerprint density at radius 2 is 2.06 bits per heavy atom. The van der Waals surface area contributed by atoms with E-state index >= 15 is 0 Å². The van der Waals surface area contributed by atoms with Gasteiger partial charge in [-0.1, -0.05) is 18.2 Å². The van der Waals surface area contributed by atoms with E-state index < -0.39 is 0 Å². The highest BCUT2D eigenvalue weighted by Gasteiger charge is 2.13. The summed E-state index contributed by atoms with van der Waals surface area (Å²) in [5.74, 6) is -0.234. The number of nitrogens with two attached hydrogens (primary N) is 1. The Labute approximate surface area is 106 Å². The van der Waals surface area contributed by atoms with Gasteiger partial charge in [-0.3, -0.25) is 0 Å². The van der Waals surface area contributed by atoms with Crippen LogP contribution in [0.3, 0.4) is 0 Å². The molecule has 2 aromatic rings. The third-order valence-electron chi connectivity index (χ3n) is 2.40. The van der Waals surface area contributed by atoms with E-state index in [1.165, 1.54) is 6.07 Å². The van der Waals surface area contributed by atoms with Crippen LogP contribution < -0.4 is 5.73 Å². The lowest BCUT2D eigenvalue weighted by atomic mass is 10.0. The fraction of sp³-hybridized carbons (Fsp3) is 0.167. The molecule has 0 fully saturated rings. The molecule has 1 unspecified atom stereocenters. The fourth-order valence-electron chi connectivity index (χ4n) is 1.56. The van der Waals surface area contributed by atoms with E-state index in [0.29, 0.717) is 12.0 Å². The molecule has 1 nitrogen and oxygen atoms in total. The minimum Gasteiger partial charge on any atom is -0.324 e. The lowest BCUT2D eigenvalue weighted by Crippen LogP contribution is -2.14. The fourth-order valence-corrected chi connectivity index (χ4v) is 3.13. The van der Waals surface area contributed by atoms with Gasteiger partial charge >= 0.3 is 0 Å². The van der Waals surface area contributed by atoms with Crippen LogP contribution in [-0.4, -0.2) is 0 Å². The number of halogens is 2. The predicted molar refractivity (Wildman–Crippen MR) is 69.1 cm³/mol. The number of hydrogen-bond donors (Lipinski definition) is 1. The number of thiophene rings is 1. The molecule has 1 aromatic heterocycles. The maximum absolute atomic E-state index is 13.5. The lowest BCUT2D eigenvalue weighted by molar-refractivity contribution is 0.581. The van der Waals surface area contributed by atoms with E-state index in [9.17, 15) is 4.39 Å². The topological polar surface area (TPSA) is 26.0 Å². The summed E-state index contributed by atoms with van der Waals surface area (Å²) < 4.78 is 14.5. The number of hydrogen-bond acceptors (Lipinski definition) is 2. The molecule has 1 aromatic carbocycles. The van der Waals surface area contributed by atoms with Crippen LogP contribution in [0.1, 0.15) is 16.5 Å². The molecule has 2 N–H and O–H groups in total. The average Bonchev–Trinajstić information content (AvgIpc) is 2.65. The van der Waals surface area contributed by atoms with Crippen LogP contribution in [0, 0.1) is 5.82 Å². The van der Waals surface area contributed by atoms with Gasteiger partial charge in [-0.25, -0.2) is 4.39 Å². The molecule has 0 aliphatic heterocycles. The van der Waals surface area contributed by atoms with Crippen molar-refractivity contribution < 1.29 is 4.39 Å². The van der Waals surface area contributed by atoms with Crippen molar-refractivity contribution in [1.29, 1.82) is 0 Å². The number of rotatable bonds is 3. The van der Waals surface area contributed by atoms with Crippen LogP contribution >= 0.6 is 27.3 Å². The van der Waals surface area contributed by atoms with E-state index in [1.54, 1.807) is 23.5 Å². The quantitative estimate of drug-likeness (QED) is 0.914. The normalized spacial score (nSPS) is 12.7.